The van der Waals surface area contributed by atoms with E-state index in [-0.39, 0.29) is 28.5 Å². The van der Waals surface area contributed by atoms with Gasteiger partial charge in [-0.15, -0.1) is 0 Å². The van der Waals surface area contributed by atoms with Gasteiger partial charge < -0.3 is 10.3 Å². The Labute approximate surface area is 102 Å². The van der Waals surface area contributed by atoms with Crippen molar-refractivity contribution in [1.82, 2.24) is 5.16 Å². The third kappa shape index (κ3) is 1.31. The Morgan fingerprint density at radius 2 is 1.67 bits per heavy atom. The lowest BCUT2D eigenvalue weighted by atomic mass is 9.86. The Morgan fingerprint density at radius 1 is 1.00 bits per heavy atom. The summed E-state index contributed by atoms with van der Waals surface area (Å²) in [4.78, 5) is 24.4. The van der Waals surface area contributed by atoms with Crippen LogP contribution in [-0.2, 0) is 0 Å². The molecular formula is C13H8N2O3. The summed E-state index contributed by atoms with van der Waals surface area (Å²) >= 11 is 0. The number of nitrogens with zero attached hydrogens (tertiary/aromatic N) is 1. The Kier molecular flexibility index (Phi) is 2.13. The Bertz CT molecular complexity index is 684. The molecule has 2 N–H and O–H groups in total. The van der Waals surface area contributed by atoms with Gasteiger partial charge in [0.2, 0.25) is 5.78 Å². The fourth-order valence-corrected chi connectivity index (χ4v) is 1.99. The first-order valence-corrected chi connectivity index (χ1v) is 5.29. The van der Waals surface area contributed by atoms with Crippen LogP contribution in [0, 0.1) is 0 Å². The summed E-state index contributed by atoms with van der Waals surface area (Å²) in [6.07, 6.45) is 1.33. The van der Waals surface area contributed by atoms with Crippen LogP contribution in [0.15, 0.2) is 46.8 Å². The smallest absolute Gasteiger partial charge is 0.210 e. The number of nitrogens with two attached hydrogens (primary N) is 1. The van der Waals surface area contributed by atoms with Gasteiger partial charge in [-0.25, -0.2) is 0 Å². The van der Waals surface area contributed by atoms with Crippen LogP contribution in [0.1, 0.15) is 26.4 Å². The van der Waals surface area contributed by atoms with Crippen molar-refractivity contribution in [1.29, 1.82) is 0 Å². The molecule has 2 aromatic rings. The number of hydrogen-bond acceptors (Lipinski definition) is 5. The summed E-state index contributed by atoms with van der Waals surface area (Å²) in [5, 5.41) is 3.66. The first-order chi connectivity index (χ1) is 8.70. The second kappa shape index (κ2) is 3.66. The standard InChI is InChI=1S/C13H8N2O3/c14-11-10(9-5-6-18-15-9)12(16)7-3-1-2-4-8(7)13(11)17/h1-6H,14H2. The minimum absolute atomic E-state index is 0.0902. The predicted octanol–water partition coefficient (Wildman–Crippen LogP) is 1.42. The number of fused-ring (bicyclic) bond motifs is 1. The minimum atomic E-state index is -0.358. The molecular weight excluding hydrogens is 232 g/mol. The van der Waals surface area contributed by atoms with E-state index in [0.717, 1.165) is 0 Å². The van der Waals surface area contributed by atoms with Crippen molar-refractivity contribution in [2.45, 2.75) is 0 Å². The van der Waals surface area contributed by atoms with E-state index >= 15 is 0 Å². The molecule has 88 valence electrons. The molecule has 5 nitrogen and oxygen atoms in total. The molecule has 5 heteroatoms. The van der Waals surface area contributed by atoms with Crippen LogP contribution < -0.4 is 5.73 Å². The third-order valence-corrected chi connectivity index (χ3v) is 2.85. The normalized spacial score (nSPS) is 14.9. The molecule has 0 saturated carbocycles. The highest BCUT2D eigenvalue weighted by Crippen LogP contribution is 2.29. The number of benzene rings is 1. The molecule has 1 aliphatic rings. The molecule has 0 saturated heterocycles. The molecule has 1 aromatic heterocycles. The summed E-state index contributed by atoms with van der Waals surface area (Å²) in [5.74, 6) is -0.667. The Morgan fingerprint density at radius 3 is 2.28 bits per heavy atom. The number of carbonyl (C=O) groups is 2. The third-order valence-electron chi connectivity index (χ3n) is 2.85. The first-order valence-electron chi connectivity index (χ1n) is 5.29. The average molecular weight is 240 g/mol. The quantitative estimate of drug-likeness (QED) is 0.814. The largest absolute Gasteiger partial charge is 0.395 e. The van der Waals surface area contributed by atoms with Crippen LogP contribution in [0.5, 0.6) is 0 Å². The van der Waals surface area contributed by atoms with Crippen molar-refractivity contribution in [2.24, 2.45) is 5.73 Å². The molecule has 0 amide bonds. The predicted molar refractivity (Wildman–Crippen MR) is 62.7 cm³/mol. The highest BCUT2D eigenvalue weighted by Gasteiger charge is 2.32. The van der Waals surface area contributed by atoms with Crippen molar-refractivity contribution < 1.29 is 14.1 Å². The highest BCUT2D eigenvalue weighted by atomic mass is 16.5. The molecule has 0 unspecified atom stereocenters. The Hall–Kier alpha value is -2.69. The number of ketones is 2. The summed E-state index contributed by atoms with van der Waals surface area (Å²) in [7, 11) is 0. The molecule has 0 aliphatic heterocycles. The fraction of sp³-hybridized carbons (Fsp3) is 0. The second-order valence-electron chi connectivity index (χ2n) is 3.88. The van der Waals surface area contributed by atoms with Crippen LogP contribution in [0.3, 0.4) is 0 Å². The monoisotopic (exact) mass is 240 g/mol. The van der Waals surface area contributed by atoms with Crippen LogP contribution in [0.25, 0.3) is 5.57 Å². The number of aromatic nitrogens is 1. The van der Waals surface area contributed by atoms with E-state index in [1.807, 2.05) is 0 Å². The second-order valence-corrected chi connectivity index (χ2v) is 3.88. The molecule has 0 fully saturated rings. The van der Waals surface area contributed by atoms with Gasteiger partial charge in [0.05, 0.1) is 11.3 Å². The maximum atomic E-state index is 12.3. The van der Waals surface area contributed by atoms with Crippen molar-refractivity contribution in [3.63, 3.8) is 0 Å². The summed E-state index contributed by atoms with van der Waals surface area (Å²) < 4.78 is 4.68. The molecule has 1 heterocycles. The van der Waals surface area contributed by atoms with Crippen molar-refractivity contribution in [3.8, 4) is 0 Å². The SMILES string of the molecule is NC1=C(c2ccon2)C(=O)c2ccccc2C1=O. The van der Waals surface area contributed by atoms with Gasteiger partial charge in [-0.05, 0) is 0 Å². The van der Waals surface area contributed by atoms with Crippen molar-refractivity contribution in [2.75, 3.05) is 0 Å². The molecule has 1 aromatic carbocycles. The van der Waals surface area contributed by atoms with Crippen LogP contribution in [0.4, 0.5) is 0 Å². The number of hydrogen-bond donors (Lipinski definition) is 1. The van der Waals surface area contributed by atoms with Gasteiger partial charge in [-0.1, -0.05) is 29.4 Å². The Balaban J connectivity index is 2.26. The number of Topliss-reactive ketones (excluding diaryl/α,β-unsaturated/α-hetero) is 2. The number of allylic oxidation sites excluding steroid dienone is 2. The van der Waals surface area contributed by atoms with Gasteiger partial charge in [0, 0.05) is 17.2 Å². The zero-order valence-corrected chi connectivity index (χ0v) is 9.21. The van der Waals surface area contributed by atoms with Crippen LogP contribution in [-0.4, -0.2) is 16.7 Å². The summed E-state index contributed by atoms with van der Waals surface area (Å²) in [6, 6.07) is 8.08. The lowest BCUT2D eigenvalue weighted by Gasteiger charge is -2.16. The van der Waals surface area contributed by atoms with Gasteiger partial charge in [-0.3, -0.25) is 9.59 Å². The molecule has 1 aliphatic carbocycles. The van der Waals surface area contributed by atoms with Crippen LogP contribution >= 0.6 is 0 Å². The van der Waals surface area contributed by atoms with E-state index < -0.39 is 0 Å². The molecule has 0 atom stereocenters. The topological polar surface area (TPSA) is 86.2 Å². The van der Waals surface area contributed by atoms with Gasteiger partial charge in [-0.2, -0.15) is 0 Å². The lowest BCUT2D eigenvalue weighted by Crippen LogP contribution is -2.25. The number of carbonyl (C=O) groups excluding carboxylic acids is 2. The van der Waals surface area contributed by atoms with E-state index in [9.17, 15) is 9.59 Å². The average Bonchev–Trinajstić information content (AvgIpc) is 2.90. The molecule has 18 heavy (non-hydrogen) atoms. The summed E-state index contributed by atoms with van der Waals surface area (Å²) in [5.41, 5.74) is 6.71. The number of rotatable bonds is 1. The van der Waals surface area contributed by atoms with Crippen molar-refractivity contribution >= 4 is 17.1 Å². The molecule has 3 rings (SSSR count). The minimum Gasteiger partial charge on any atom is -0.395 e. The molecule has 0 radical (unpaired) electrons. The van der Waals surface area contributed by atoms with E-state index in [4.69, 9.17) is 5.73 Å². The maximum absolute atomic E-state index is 12.3. The van der Waals surface area contributed by atoms with Gasteiger partial charge in [0.15, 0.2) is 5.78 Å². The fourth-order valence-electron chi connectivity index (χ4n) is 1.99. The maximum Gasteiger partial charge on any atom is 0.210 e. The zero-order chi connectivity index (χ0) is 12.7. The van der Waals surface area contributed by atoms with E-state index in [0.29, 0.717) is 11.1 Å². The van der Waals surface area contributed by atoms with Gasteiger partial charge in [0.1, 0.15) is 12.0 Å². The van der Waals surface area contributed by atoms with E-state index in [1.54, 1.807) is 24.3 Å². The van der Waals surface area contributed by atoms with Gasteiger partial charge in [0.25, 0.3) is 0 Å². The van der Waals surface area contributed by atoms with E-state index in [2.05, 4.69) is 9.68 Å². The highest BCUT2D eigenvalue weighted by molar-refractivity contribution is 6.40. The summed E-state index contributed by atoms with van der Waals surface area (Å²) in [6.45, 7) is 0. The lowest BCUT2D eigenvalue weighted by molar-refractivity contribution is 0.0990. The van der Waals surface area contributed by atoms with Crippen molar-refractivity contribution in [3.05, 3.63) is 59.1 Å². The van der Waals surface area contributed by atoms with Crippen LogP contribution in [0.2, 0.25) is 0 Å². The molecule has 0 bridgehead atoms. The molecule has 0 spiro atoms. The first kappa shape index (κ1) is 10.5. The van der Waals surface area contributed by atoms with Gasteiger partial charge >= 0.3 is 0 Å². The van der Waals surface area contributed by atoms with E-state index in [1.165, 1.54) is 12.3 Å². The zero-order valence-electron chi connectivity index (χ0n) is 9.21.